The lowest BCUT2D eigenvalue weighted by molar-refractivity contribution is -0.141. The van der Waals surface area contributed by atoms with E-state index in [0.29, 0.717) is 5.56 Å². The van der Waals surface area contributed by atoms with Gasteiger partial charge >= 0.3 is 5.97 Å². The lowest BCUT2D eigenvalue weighted by Gasteiger charge is -2.17. The topological polar surface area (TPSA) is 79.2 Å². The number of esters is 1. The molecule has 106 valence electrons. The molecule has 0 aliphatic heterocycles. The lowest BCUT2D eigenvalue weighted by Crippen LogP contribution is -2.30. The zero-order chi connectivity index (χ0) is 15.1. The minimum atomic E-state index is -0.782. The van der Waals surface area contributed by atoms with Crippen molar-refractivity contribution in [2.24, 2.45) is 0 Å². The molecule has 0 aromatic heterocycles. The van der Waals surface area contributed by atoms with Crippen molar-refractivity contribution in [2.75, 3.05) is 7.11 Å². The molecular weight excluding hydrogens is 287 g/mol. The van der Waals surface area contributed by atoms with E-state index in [1.807, 2.05) is 0 Å². The minimum Gasteiger partial charge on any atom is -0.469 e. The molecule has 7 heteroatoms. The monoisotopic (exact) mass is 298 g/mol. The third-order valence-electron chi connectivity index (χ3n) is 2.52. The highest BCUT2D eigenvalue weighted by atomic mass is 35.5. The number of benzene rings is 1. The molecule has 0 fully saturated rings. The second-order valence-corrected chi connectivity index (χ2v) is 4.32. The van der Waals surface area contributed by atoms with Gasteiger partial charge in [0.2, 0.25) is 5.91 Å². The van der Waals surface area contributed by atoms with Gasteiger partial charge in [0.1, 0.15) is 12.2 Å². The number of hydrogen-bond donors (Lipinski definition) is 1. The first kappa shape index (κ1) is 15.9. The third-order valence-corrected chi connectivity index (χ3v) is 2.83. The van der Waals surface area contributed by atoms with Gasteiger partial charge in [0.15, 0.2) is 0 Å². The van der Waals surface area contributed by atoms with E-state index in [1.54, 1.807) is 6.07 Å². The van der Waals surface area contributed by atoms with Crippen LogP contribution in [0.2, 0.25) is 5.02 Å². The van der Waals surface area contributed by atoms with E-state index in [2.05, 4.69) is 10.1 Å². The molecule has 0 aliphatic rings. The molecule has 0 saturated heterocycles. The molecule has 1 aromatic rings. The Kier molecular flexibility index (Phi) is 5.94. The molecule has 0 saturated carbocycles. The number of carbonyl (C=O) groups excluding carboxylic acids is 2. The predicted octanol–water partition coefficient (Wildman–Crippen LogP) is 2.11. The average molecular weight is 299 g/mol. The fourth-order valence-corrected chi connectivity index (χ4v) is 1.67. The van der Waals surface area contributed by atoms with Gasteiger partial charge in [-0.05, 0) is 17.7 Å². The molecular formula is C13H12ClFN2O3. The standard InChI is InChI=1S/C13H12ClFN2O3/c1-20-13(19)7-11(17-12(18)4-5-16)8-2-3-9(14)10(15)6-8/h2-3,6,11H,4,7H2,1H3,(H,17,18). The highest BCUT2D eigenvalue weighted by Crippen LogP contribution is 2.23. The average Bonchev–Trinajstić information content (AvgIpc) is 2.41. The summed E-state index contributed by atoms with van der Waals surface area (Å²) in [6.07, 6.45) is -0.525. The lowest BCUT2D eigenvalue weighted by atomic mass is 10.0. The third kappa shape index (κ3) is 4.52. The van der Waals surface area contributed by atoms with Gasteiger partial charge in [0.05, 0.1) is 30.7 Å². The molecule has 1 unspecified atom stereocenters. The summed E-state index contributed by atoms with van der Waals surface area (Å²) >= 11 is 5.58. The number of nitriles is 1. The summed E-state index contributed by atoms with van der Waals surface area (Å²) in [6.45, 7) is 0. The number of ether oxygens (including phenoxy) is 1. The van der Waals surface area contributed by atoms with Crippen LogP contribution < -0.4 is 5.32 Å². The van der Waals surface area contributed by atoms with Crippen LogP contribution in [0.5, 0.6) is 0 Å². The second-order valence-electron chi connectivity index (χ2n) is 3.91. The highest BCUT2D eigenvalue weighted by Gasteiger charge is 2.19. The van der Waals surface area contributed by atoms with Crippen LogP contribution in [-0.4, -0.2) is 19.0 Å². The van der Waals surface area contributed by atoms with Crippen molar-refractivity contribution in [3.05, 3.63) is 34.6 Å². The Morgan fingerprint density at radius 2 is 2.25 bits per heavy atom. The fourth-order valence-electron chi connectivity index (χ4n) is 1.55. The maximum atomic E-state index is 13.4. The first-order chi connectivity index (χ1) is 9.47. The number of methoxy groups -OCH3 is 1. The Bertz CT molecular complexity index is 557. The van der Waals surface area contributed by atoms with Gasteiger partial charge in [-0.2, -0.15) is 5.26 Å². The van der Waals surface area contributed by atoms with Crippen molar-refractivity contribution < 1.29 is 18.7 Å². The molecule has 1 atom stereocenters. The van der Waals surface area contributed by atoms with Gasteiger partial charge in [-0.1, -0.05) is 17.7 Å². The van der Waals surface area contributed by atoms with E-state index in [1.165, 1.54) is 19.2 Å². The predicted molar refractivity (Wildman–Crippen MR) is 69.2 cm³/mol. The number of amides is 1. The Balaban J connectivity index is 2.96. The summed E-state index contributed by atoms with van der Waals surface area (Å²) in [5.74, 6) is -1.78. The molecule has 0 radical (unpaired) electrons. The molecule has 0 aliphatic carbocycles. The maximum Gasteiger partial charge on any atom is 0.307 e. The fraction of sp³-hybridized carbons (Fsp3) is 0.308. The van der Waals surface area contributed by atoms with Crippen LogP contribution in [0.25, 0.3) is 0 Å². The highest BCUT2D eigenvalue weighted by molar-refractivity contribution is 6.30. The van der Waals surface area contributed by atoms with Crippen LogP contribution in [0.4, 0.5) is 4.39 Å². The van der Waals surface area contributed by atoms with Gasteiger partial charge in [-0.25, -0.2) is 4.39 Å². The quantitative estimate of drug-likeness (QED) is 0.844. The largest absolute Gasteiger partial charge is 0.469 e. The molecule has 5 nitrogen and oxygen atoms in total. The van der Waals surface area contributed by atoms with Crippen LogP contribution in [0.15, 0.2) is 18.2 Å². The smallest absolute Gasteiger partial charge is 0.307 e. The summed E-state index contributed by atoms with van der Waals surface area (Å²) in [5.41, 5.74) is 0.364. The van der Waals surface area contributed by atoms with E-state index in [4.69, 9.17) is 16.9 Å². The van der Waals surface area contributed by atoms with Crippen molar-refractivity contribution in [3.8, 4) is 6.07 Å². The number of hydrogen-bond acceptors (Lipinski definition) is 4. The van der Waals surface area contributed by atoms with Gasteiger partial charge < -0.3 is 10.1 Å². The zero-order valence-corrected chi connectivity index (χ0v) is 11.4. The van der Waals surface area contributed by atoms with Crippen molar-refractivity contribution >= 4 is 23.5 Å². The minimum absolute atomic E-state index is 0.0612. The maximum absolute atomic E-state index is 13.4. The normalized spacial score (nSPS) is 11.3. The number of carbonyl (C=O) groups is 2. The SMILES string of the molecule is COC(=O)CC(NC(=O)CC#N)c1ccc(Cl)c(F)c1. The van der Waals surface area contributed by atoms with E-state index in [0.717, 1.165) is 6.07 Å². The number of halogens is 2. The van der Waals surface area contributed by atoms with Crippen LogP contribution >= 0.6 is 11.6 Å². The van der Waals surface area contributed by atoms with Gasteiger partial charge in [-0.15, -0.1) is 0 Å². The zero-order valence-electron chi connectivity index (χ0n) is 10.7. The Morgan fingerprint density at radius 3 is 2.80 bits per heavy atom. The van der Waals surface area contributed by atoms with Crippen molar-refractivity contribution in [2.45, 2.75) is 18.9 Å². The van der Waals surface area contributed by atoms with Crippen LogP contribution in [0, 0.1) is 17.1 Å². The molecule has 1 aromatic carbocycles. The molecule has 1 amide bonds. The Morgan fingerprint density at radius 1 is 1.55 bits per heavy atom. The summed E-state index contributed by atoms with van der Waals surface area (Å²) in [5, 5.41) is 10.9. The van der Waals surface area contributed by atoms with Crippen molar-refractivity contribution in [1.82, 2.24) is 5.32 Å². The number of nitrogens with zero attached hydrogens (tertiary/aromatic N) is 1. The summed E-state index contributed by atoms with van der Waals surface area (Å²) in [7, 11) is 1.21. The molecule has 0 heterocycles. The number of rotatable bonds is 5. The van der Waals surface area contributed by atoms with Gasteiger partial charge in [0, 0.05) is 0 Å². The summed E-state index contributed by atoms with van der Waals surface area (Å²) < 4.78 is 18.0. The molecule has 1 rings (SSSR count). The van der Waals surface area contributed by atoms with Gasteiger partial charge in [-0.3, -0.25) is 9.59 Å². The van der Waals surface area contributed by atoms with Crippen LogP contribution in [-0.2, 0) is 14.3 Å². The Hall–Kier alpha value is -2.13. The second kappa shape index (κ2) is 7.46. The summed E-state index contributed by atoms with van der Waals surface area (Å²) in [4.78, 5) is 22.8. The van der Waals surface area contributed by atoms with Crippen LogP contribution in [0.1, 0.15) is 24.4 Å². The van der Waals surface area contributed by atoms with E-state index < -0.39 is 23.7 Å². The summed E-state index contributed by atoms with van der Waals surface area (Å²) in [6, 6.07) is 4.85. The van der Waals surface area contributed by atoms with Crippen LogP contribution in [0.3, 0.4) is 0 Å². The van der Waals surface area contributed by atoms with Gasteiger partial charge in [0.25, 0.3) is 0 Å². The van der Waals surface area contributed by atoms with E-state index >= 15 is 0 Å². The van der Waals surface area contributed by atoms with E-state index in [9.17, 15) is 14.0 Å². The molecule has 0 spiro atoms. The number of nitrogens with one attached hydrogen (secondary N) is 1. The van der Waals surface area contributed by atoms with Crippen molar-refractivity contribution in [3.63, 3.8) is 0 Å². The van der Waals surface area contributed by atoms with E-state index in [-0.39, 0.29) is 17.9 Å². The van der Waals surface area contributed by atoms with Crippen molar-refractivity contribution in [1.29, 1.82) is 5.26 Å². The first-order valence-corrected chi connectivity index (χ1v) is 6.03. The first-order valence-electron chi connectivity index (χ1n) is 5.66. The molecule has 0 bridgehead atoms. The molecule has 20 heavy (non-hydrogen) atoms. The molecule has 1 N–H and O–H groups in total. The Labute approximate surface area is 120 Å².